The molecule has 0 saturated carbocycles. The Bertz CT molecular complexity index is 2670. The van der Waals surface area contributed by atoms with Gasteiger partial charge in [-0.05, 0) is 38.9 Å². The molecule has 0 aliphatic carbocycles. The predicted molar refractivity (Wildman–Crippen MR) is 281 cm³/mol. The molecule has 75 heavy (non-hydrogen) atoms. The van der Waals surface area contributed by atoms with Crippen molar-refractivity contribution in [2.24, 2.45) is 0 Å². The highest BCUT2D eigenvalue weighted by atomic mass is 16.8. The third-order valence-electron chi connectivity index (χ3n) is 13.0. The van der Waals surface area contributed by atoms with E-state index in [1.807, 2.05) is 212 Å². The average molecular weight is 1020 g/mol. The second kappa shape index (κ2) is 28.5. The molecule has 12 heteroatoms. The molecule has 7 aromatic rings. The summed E-state index contributed by atoms with van der Waals surface area (Å²) in [7, 11) is 0. The van der Waals surface area contributed by atoms with Crippen LogP contribution in [0.2, 0.25) is 0 Å². The van der Waals surface area contributed by atoms with Gasteiger partial charge < -0.3 is 52.1 Å². The molecule has 7 aromatic carbocycles. The average Bonchev–Trinajstić information content (AvgIpc) is 3.45. The molecule has 0 radical (unpaired) electrons. The number of carbonyl (C=O) groups is 1. The van der Waals surface area contributed by atoms with Crippen LogP contribution in [0.5, 0.6) is 0 Å². The number of hydrogen-bond donors (Lipinski definition) is 0. The number of ether oxygens (including phenoxy) is 11. The Morgan fingerprint density at radius 2 is 0.627 bits per heavy atom. The Balaban J connectivity index is 1.12. The van der Waals surface area contributed by atoms with Gasteiger partial charge in [0.25, 0.3) is 0 Å². The highest BCUT2D eigenvalue weighted by Crippen LogP contribution is 2.37. The van der Waals surface area contributed by atoms with E-state index in [0.29, 0.717) is 6.61 Å². The Kier molecular flexibility index (Phi) is 20.3. The van der Waals surface area contributed by atoms with Crippen molar-refractivity contribution in [3.63, 3.8) is 0 Å². The SMILES string of the molecule is CC(=O)O[C@H]1[C@H](OCc2ccccc2)O[C@H](COCc2ccccc2)[C@@H](O[C@H]2O[C@H](COCc3ccccc3)[C@@H](OCc3ccccc3)[C@H](OCc3ccccc3)[C@H]2OCc2ccccc2)[C@@H]1OCc1ccccc1. The van der Waals surface area contributed by atoms with Crippen LogP contribution in [-0.4, -0.2) is 80.6 Å². The third-order valence-corrected chi connectivity index (χ3v) is 13.0. The normalized spacial score (nSPS) is 23.6. The van der Waals surface area contributed by atoms with Gasteiger partial charge in [0.15, 0.2) is 18.7 Å². The van der Waals surface area contributed by atoms with Gasteiger partial charge in [0.05, 0.1) is 59.5 Å². The van der Waals surface area contributed by atoms with Crippen molar-refractivity contribution in [3.8, 4) is 0 Å². The number of carbonyl (C=O) groups excluding carboxylic acids is 1. The maximum absolute atomic E-state index is 13.3. The van der Waals surface area contributed by atoms with Crippen LogP contribution in [0.25, 0.3) is 0 Å². The first kappa shape index (κ1) is 53.4. The predicted octanol–water partition coefficient (Wildman–Crippen LogP) is 10.7. The van der Waals surface area contributed by atoms with Gasteiger partial charge >= 0.3 is 5.97 Å². The van der Waals surface area contributed by atoms with Gasteiger partial charge in [-0.15, -0.1) is 0 Å². The van der Waals surface area contributed by atoms with Gasteiger partial charge in [-0.2, -0.15) is 0 Å². The van der Waals surface area contributed by atoms with Crippen LogP contribution in [0.15, 0.2) is 212 Å². The van der Waals surface area contributed by atoms with Gasteiger partial charge in [0.2, 0.25) is 0 Å². The quantitative estimate of drug-likeness (QED) is 0.0481. The summed E-state index contributed by atoms with van der Waals surface area (Å²) in [6, 6.07) is 69.3. The zero-order valence-electron chi connectivity index (χ0n) is 42.2. The molecule has 9 rings (SSSR count). The zero-order valence-corrected chi connectivity index (χ0v) is 42.2. The van der Waals surface area contributed by atoms with Crippen LogP contribution in [0.1, 0.15) is 45.9 Å². The standard InChI is InChI=1S/C63H66O12/c1-46(64)72-61-59(69-41-51-31-17-6-18-32-51)57(55(45-66-38-48-25-11-3-12-26-48)73-62(61)71-43-53-35-21-8-22-36-53)75-63-60(70-42-52-33-19-7-20-34-52)58(68-40-50-29-15-5-16-30-50)56(67-39-49-27-13-4-14-28-49)54(74-63)44-65-37-47-23-9-2-10-24-47/h2-36,54-63H,37-45H2,1H3/t54-,55-,56-,57-,58+,59+,60-,61-,62-,63-/m1/s1. The molecule has 2 heterocycles. The van der Waals surface area contributed by atoms with Crippen LogP contribution < -0.4 is 0 Å². The fraction of sp³-hybridized carbons (Fsp3) is 0.317. The maximum atomic E-state index is 13.3. The molecule has 2 fully saturated rings. The van der Waals surface area contributed by atoms with E-state index in [4.69, 9.17) is 52.1 Å². The summed E-state index contributed by atoms with van der Waals surface area (Å²) in [6.07, 6.45) is -9.51. The topological polar surface area (TPSA) is 119 Å². The Morgan fingerprint density at radius 1 is 0.333 bits per heavy atom. The van der Waals surface area contributed by atoms with E-state index in [0.717, 1.165) is 38.9 Å². The molecule has 10 atom stereocenters. The van der Waals surface area contributed by atoms with Crippen molar-refractivity contribution < 1.29 is 56.9 Å². The first-order valence-electron chi connectivity index (χ1n) is 25.7. The fourth-order valence-corrected chi connectivity index (χ4v) is 9.22. The zero-order chi connectivity index (χ0) is 51.3. The van der Waals surface area contributed by atoms with Gasteiger partial charge in [-0.1, -0.05) is 212 Å². The van der Waals surface area contributed by atoms with Crippen LogP contribution >= 0.6 is 0 Å². The summed E-state index contributed by atoms with van der Waals surface area (Å²) in [5.41, 5.74) is 6.63. The fourth-order valence-electron chi connectivity index (χ4n) is 9.22. The summed E-state index contributed by atoms with van der Waals surface area (Å²) in [5.74, 6) is -0.552. The lowest BCUT2D eigenvalue weighted by Crippen LogP contribution is -2.66. The molecule has 2 saturated heterocycles. The Hall–Kier alpha value is -6.39. The third kappa shape index (κ3) is 16.1. The minimum Gasteiger partial charge on any atom is -0.454 e. The highest BCUT2D eigenvalue weighted by molar-refractivity contribution is 5.66. The smallest absolute Gasteiger partial charge is 0.303 e. The van der Waals surface area contributed by atoms with E-state index in [-0.39, 0.29) is 52.9 Å². The van der Waals surface area contributed by atoms with Crippen LogP contribution in [-0.2, 0) is 103 Å². The van der Waals surface area contributed by atoms with Crippen molar-refractivity contribution in [1.82, 2.24) is 0 Å². The molecular weight excluding hydrogens is 949 g/mol. The second-order valence-corrected chi connectivity index (χ2v) is 18.6. The molecule has 0 unspecified atom stereocenters. The molecule has 0 bridgehead atoms. The molecular formula is C63H66O12. The van der Waals surface area contributed by atoms with E-state index in [9.17, 15) is 4.79 Å². The largest absolute Gasteiger partial charge is 0.454 e. The summed E-state index contributed by atoms with van der Waals surface area (Å²) >= 11 is 0. The minimum atomic E-state index is -1.18. The first-order chi connectivity index (χ1) is 37.0. The minimum absolute atomic E-state index is 0.0331. The highest BCUT2D eigenvalue weighted by Gasteiger charge is 2.55. The lowest BCUT2D eigenvalue weighted by molar-refractivity contribution is -0.375. The number of esters is 1. The van der Waals surface area contributed by atoms with E-state index >= 15 is 0 Å². The van der Waals surface area contributed by atoms with E-state index < -0.39 is 67.4 Å². The van der Waals surface area contributed by atoms with Crippen LogP contribution in [0.4, 0.5) is 0 Å². The van der Waals surface area contributed by atoms with Crippen molar-refractivity contribution in [2.45, 2.75) is 115 Å². The summed E-state index contributed by atoms with van der Waals surface area (Å²) in [4.78, 5) is 13.3. The summed E-state index contributed by atoms with van der Waals surface area (Å²) in [5, 5.41) is 0. The monoisotopic (exact) mass is 1010 g/mol. The van der Waals surface area contributed by atoms with Crippen LogP contribution in [0.3, 0.4) is 0 Å². The van der Waals surface area contributed by atoms with Crippen molar-refractivity contribution in [2.75, 3.05) is 13.2 Å². The number of rotatable bonds is 26. The molecule has 390 valence electrons. The number of benzene rings is 7. The van der Waals surface area contributed by atoms with Crippen molar-refractivity contribution in [1.29, 1.82) is 0 Å². The van der Waals surface area contributed by atoms with Crippen molar-refractivity contribution in [3.05, 3.63) is 251 Å². The molecule has 2 aliphatic rings. The van der Waals surface area contributed by atoms with E-state index in [2.05, 4.69) is 0 Å². The van der Waals surface area contributed by atoms with E-state index in [1.54, 1.807) is 0 Å². The van der Waals surface area contributed by atoms with Gasteiger partial charge in [0, 0.05) is 6.92 Å². The van der Waals surface area contributed by atoms with Crippen molar-refractivity contribution >= 4 is 5.97 Å². The Morgan fingerprint density at radius 3 is 1.00 bits per heavy atom. The maximum Gasteiger partial charge on any atom is 0.303 e. The molecule has 0 aromatic heterocycles. The molecule has 2 aliphatic heterocycles. The second-order valence-electron chi connectivity index (χ2n) is 18.6. The molecule has 12 nitrogen and oxygen atoms in total. The molecule has 0 N–H and O–H groups in total. The summed E-state index contributed by atoms with van der Waals surface area (Å²) < 4.78 is 75.5. The van der Waals surface area contributed by atoms with Gasteiger partial charge in [0.1, 0.15) is 42.7 Å². The first-order valence-corrected chi connectivity index (χ1v) is 25.7. The molecule has 0 amide bonds. The summed E-state index contributed by atoms with van der Waals surface area (Å²) in [6.45, 7) is 3.07. The van der Waals surface area contributed by atoms with Crippen LogP contribution in [0, 0.1) is 0 Å². The van der Waals surface area contributed by atoms with E-state index in [1.165, 1.54) is 6.92 Å². The van der Waals surface area contributed by atoms with Gasteiger partial charge in [-0.3, -0.25) is 4.79 Å². The lowest BCUT2D eigenvalue weighted by atomic mass is 9.95. The lowest BCUT2D eigenvalue weighted by Gasteiger charge is -2.50. The van der Waals surface area contributed by atoms with Gasteiger partial charge in [-0.25, -0.2) is 0 Å². The Labute approximate surface area is 440 Å². The number of hydrogen-bond acceptors (Lipinski definition) is 12. The molecule has 0 spiro atoms.